The van der Waals surface area contributed by atoms with Crippen molar-refractivity contribution in [3.05, 3.63) is 24.8 Å². The lowest BCUT2D eigenvalue weighted by atomic mass is 10.5. The van der Waals surface area contributed by atoms with Gasteiger partial charge in [0.15, 0.2) is 0 Å². The third kappa shape index (κ3) is 3.48. The van der Waals surface area contributed by atoms with Gasteiger partial charge in [-0.1, -0.05) is 24.8 Å². The highest BCUT2D eigenvalue weighted by Crippen LogP contribution is 1.64. The van der Waals surface area contributed by atoms with E-state index in [-0.39, 0.29) is 0 Å². The average Bonchev–Trinajstić information content (AvgIpc) is 1.65. The normalized spacial score (nSPS) is 13.8. The van der Waals surface area contributed by atoms with Crippen LogP contribution in [0.2, 0.25) is 0 Å². The Kier molecular flexibility index (Phi) is 1.88. The van der Waals surface area contributed by atoms with E-state index in [9.17, 15) is 0 Å². The molecule has 0 unspecified atom stereocenters. The molecule has 0 aliphatic carbocycles. The van der Waals surface area contributed by atoms with E-state index in [1.807, 2.05) is 6.92 Å². The summed E-state index contributed by atoms with van der Waals surface area (Å²) in [5.41, 5.74) is 0. The van der Waals surface area contributed by atoms with E-state index in [2.05, 4.69) is 6.58 Å². The van der Waals surface area contributed by atoms with E-state index in [0.717, 1.165) is 0 Å². The van der Waals surface area contributed by atoms with Gasteiger partial charge in [0.25, 0.3) is 0 Å². The molecule has 28 valence electrons. The van der Waals surface area contributed by atoms with E-state index in [4.69, 9.17) is 1.37 Å². The lowest BCUT2D eigenvalue weighted by Crippen LogP contribution is -1.33. The summed E-state index contributed by atoms with van der Waals surface area (Å²) in [4.78, 5) is 0. The van der Waals surface area contributed by atoms with Crippen molar-refractivity contribution in [3.8, 4) is 0 Å². The summed E-state index contributed by atoms with van der Waals surface area (Å²) in [5.74, 6) is 0. The Balaban J connectivity index is 3.50. The van der Waals surface area contributed by atoms with Crippen molar-refractivity contribution in [3.63, 3.8) is 0 Å². The van der Waals surface area contributed by atoms with E-state index < -0.39 is 0 Å². The largest absolute Gasteiger partial charge is 0.0991 e. The number of rotatable bonds is 1. The van der Waals surface area contributed by atoms with Gasteiger partial charge in [-0.2, -0.15) is 0 Å². The predicted molar refractivity (Wildman–Crippen MR) is 25.0 cm³/mol. The molecule has 0 fully saturated rings. The van der Waals surface area contributed by atoms with Crippen molar-refractivity contribution in [1.29, 1.82) is 0 Å². The van der Waals surface area contributed by atoms with Gasteiger partial charge >= 0.3 is 0 Å². The quantitative estimate of drug-likeness (QED) is 0.411. The highest BCUT2D eigenvalue weighted by atomic mass is 13.5. The first-order chi connectivity index (χ1) is 2.81. The molecule has 0 saturated carbocycles. The van der Waals surface area contributed by atoms with Crippen LogP contribution < -0.4 is 0 Å². The van der Waals surface area contributed by atoms with Crippen LogP contribution in [0.3, 0.4) is 0 Å². The summed E-state index contributed by atoms with van der Waals surface area (Å²) < 4.78 is 6.81. The van der Waals surface area contributed by atoms with Gasteiger partial charge in [-0.25, -0.2) is 0 Å². The molecule has 0 heterocycles. The fraction of sp³-hybridized carbons (Fsp3) is 0.200. The second-order valence-electron chi connectivity index (χ2n) is 0.659. The summed E-state index contributed by atoms with van der Waals surface area (Å²) in [6.45, 7) is 5.19. The number of allylic oxidation sites excluding steroid dienone is 3. The van der Waals surface area contributed by atoms with Crippen molar-refractivity contribution in [2.45, 2.75) is 6.92 Å². The van der Waals surface area contributed by atoms with Crippen LogP contribution in [-0.2, 0) is 0 Å². The zero-order valence-electron chi connectivity index (χ0n) is 4.36. The standard InChI is InChI=1S/C5H8/c1-3-5-4-2/h3-5H,1H2,2H3/b5-4+/i5D. The first-order valence-corrected chi connectivity index (χ1v) is 1.56. The second kappa shape index (κ2) is 3.48. The second-order valence-corrected chi connectivity index (χ2v) is 0.659. The van der Waals surface area contributed by atoms with E-state index in [1.54, 1.807) is 6.08 Å². The van der Waals surface area contributed by atoms with Crippen molar-refractivity contribution in [2.24, 2.45) is 0 Å². The molecule has 0 aromatic rings. The van der Waals surface area contributed by atoms with Gasteiger partial charge in [-0.3, -0.25) is 0 Å². The number of hydrogen-bond acceptors (Lipinski definition) is 0. The molecule has 5 heavy (non-hydrogen) atoms. The fourth-order valence-electron chi connectivity index (χ4n) is 0.118. The maximum absolute atomic E-state index is 6.81. The van der Waals surface area contributed by atoms with Crippen molar-refractivity contribution in [2.75, 3.05) is 0 Å². The van der Waals surface area contributed by atoms with Crippen LogP contribution in [0.4, 0.5) is 0 Å². The van der Waals surface area contributed by atoms with Gasteiger partial charge in [0.1, 0.15) is 0 Å². The Morgan fingerprint density at radius 1 is 2.00 bits per heavy atom. The molecule has 0 nitrogen and oxygen atoms in total. The molecular weight excluding hydrogens is 60.1 g/mol. The van der Waals surface area contributed by atoms with Crippen LogP contribution in [0, 0.1) is 0 Å². The monoisotopic (exact) mass is 69.1 g/mol. The Morgan fingerprint density at radius 2 is 2.60 bits per heavy atom. The SMILES string of the molecule is [2H]/C(C=C)=C\C. The zero-order chi connectivity index (χ0) is 4.99. The minimum Gasteiger partial charge on any atom is -0.0991 e. The van der Waals surface area contributed by atoms with Gasteiger partial charge in [-0.15, -0.1) is 0 Å². The molecule has 0 amide bonds. The van der Waals surface area contributed by atoms with Gasteiger partial charge in [0.05, 0.1) is 1.37 Å². The molecule has 0 heteroatoms. The van der Waals surface area contributed by atoms with Gasteiger partial charge in [0, 0.05) is 0 Å². The smallest absolute Gasteiger partial charge is 0.0619 e. The summed E-state index contributed by atoms with van der Waals surface area (Å²) in [5, 5.41) is 0. The van der Waals surface area contributed by atoms with Crippen LogP contribution in [0.1, 0.15) is 8.29 Å². The molecule has 0 rings (SSSR count). The zero-order valence-corrected chi connectivity index (χ0v) is 3.36. The predicted octanol–water partition coefficient (Wildman–Crippen LogP) is 1.75. The van der Waals surface area contributed by atoms with Crippen LogP contribution in [0.5, 0.6) is 0 Å². The molecule has 0 N–H and O–H groups in total. The molecule has 0 aliphatic rings. The lowest BCUT2D eigenvalue weighted by molar-refractivity contribution is 1.74. The molecule has 0 radical (unpaired) electrons. The molecule has 0 atom stereocenters. The highest BCUT2D eigenvalue weighted by molar-refractivity contribution is 4.94. The van der Waals surface area contributed by atoms with E-state index in [1.165, 1.54) is 6.08 Å². The van der Waals surface area contributed by atoms with Crippen molar-refractivity contribution >= 4 is 0 Å². The fourth-order valence-corrected chi connectivity index (χ4v) is 0.118. The van der Waals surface area contributed by atoms with Gasteiger partial charge < -0.3 is 0 Å². The summed E-state index contributed by atoms with van der Waals surface area (Å²) in [6, 6.07) is 0.481. The lowest BCUT2D eigenvalue weighted by Gasteiger charge is -1.56. The Morgan fingerprint density at radius 3 is 2.60 bits per heavy atom. The van der Waals surface area contributed by atoms with E-state index >= 15 is 0 Å². The maximum atomic E-state index is 6.81. The number of hydrogen-bond donors (Lipinski definition) is 0. The van der Waals surface area contributed by atoms with Gasteiger partial charge in [0.2, 0.25) is 0 Å². The topological polar surface area (TPSA) is 0 Å². The molecule has 0 aromatic heterocycles. The molecule has 0 spiro atoms. The minimum atomic E-state index is 0.481. The van der Waals surface area contributed by atoms with Crippen molar-refractivity contribution in [1.82, 2.24) is 0 Å². The Hall–Kier alpha value is -0.520. The van der Waals surface area contributed by atoms with Crippen LogP contribution >= 0.6 is 0 Å². The van der Waals surface area contributed by atoms with Crippen LogP contribution in [0.15, 0.2) is 24.8 Å². The summed E-state index contributed by atoms with van der Waals surface area (Å²) in [7, 11) is 0. The average molecular weight is 69.1 g/mol. The third-order valence-electron chi connectivity index (χ3n) is 0.285. The Labute approximate surface area is 34.2 Å². The molecule has 0 aliphatic heterocycles. The highest BCUT2D eigenvalue weighted by Gasteiger charge is 1.42. The maximum Gasteiger partial charge on any atom is 0.0619 e. The minimum absolute atomic E-state index is 0.481. The first kappa shape index (κ1) is 2.70. The van der Waals surface area contributed by atoms with Gasteiger partial charge in [-0.05, 0) is 6.92 Å². The van der Waals surface area contributed by atoms with Crippen LogP contribution in [0.25, 0.3) is 0 Å². The molecule has 0 saturated heterocycles. The summed E-state index contributed by atoms with van der Waals surface area (Å²) >= 11 is 0. The van der Waals surface area contributed by atoms with Crippen LogP contribution in [-0.4, -0.2) is 0 Å². The van der Waals surface area contributed by atoms with Crippen molar-refractivity contribution < 1.29 is 1.37 Å². The molecule has 0 aromatic carbocycles. The summed E-state index contributed by atoms with van der Waals surface area (Å²) in [6.07, 6.45) is 3.19. The first-order valence-electron chi connectivity index (χ1n) is 2.06. The molecule has 0 bridgehead atoms. The van der Waals surface area contributed by atoms with E-state index in [0.29, 0.717) is 6.05 Å². The Bertz CT molecular complexity index is 72.0. The third-order valence-corrected chi connectivity index (χ3v) is 0.285. The molecular formula is C5H8.